The number of carbonyl (C=O) groups excluding carboxylic acids is 1. The first-order valence-electron chi connectivity index (χ1n) is 6.33. The van der Waals surface area contributed by atoms with E-state index < -0.39 is 4.92 Å². The maximum atomic E-state index is 12.0. The standard InChI is InChI=1S/C12H17N3O3S/c1-9(12(16)14-6-2-3-7-14)13-8-10-4-5-11(19-10)15(17)18/h4-5,9,13H,2-3,6-8H2,1H3. The summed E-state index contributed by atoms with van der Waals surface area (Å²) in [6.07, 6.45) is 2.16. The van der Waals surface area contributed by atoms with Crippen molar-refractivity contribution in [2.45, 2.75) is 32.4 Å². The van der Waals surface area contributed by atoms with Gasteiger partial charge in [0.05, 0.1) is 11.0 Å². The number of hydrogen-bond acceptors (Lipinski definition) is 5. The summed E-state index contributed by atoms with van der Waals surface area (Å²) in [5.74, 6) is 0.114. The minimum Gasteiger partial charge on any atom is -0.341 e. The molecule has 1 unspecified atom stereocenters. The van der Waals surface area contributed by atoms with Gasteiger partial charge in [0.2, 0.25) is 5.91 Å². The van der Waals surface area contributed by atoms with Crippen molar-refractivity contribution in [1.82, 2.24) is 10.2 Å². The summed E-state index contributed by atoms with van der Waals surface area (Å²) in [4.78, 5) is 24.9. The largest absolute Gasteiger partial charge is 0.341 e. The molecule has 0 aliphatic carbocycles. The van der Waals surface area contributed by atoms with Crippen LogP contribution in [0.3, 0.4) is 0 Å². The van der Waals surface area contributed by atoms with Gasteiger partial charge in [0.15, 0.2) is 0 Å². The van der Waals surface area contributed by atoms with Gasteiger partial charge >= 0.3 is 5.00 Å². The topological polar surface area (TPSA) is 75.5 Å². The second-order valence-electron chi connectivity index (χ2n) is 4.63. The Bertz CT molecular complexity index is 469. The summed E-state index contributed by atoms with van der Waals surface area (Å²) >= 11 is 1.14. The van der Waals surface area contributed by atoms with Gasteiger partial charge in [-0.2, -0.15) is 0 Å². The summed E-state index contributed by atoms with van der Waals surface area (Å²) in [7, 11) is 0. The highest BCUT2D eigenvalue weighted by Crippen LogP contribution is 2.23. The van der Waals surface area contributed by atoms with Gasteiger partial charge in [-0.15, -0.1) is 0 Å². The van der Waals surface area contributed by atoms with E-state index in [9.17, 15) is 14.9 Å². The van der Waals surface area contributed by atoms with Crippen LogP contribution < -0.4 is 5.32 Å². The minimum atomic E-state index is -0.396. The second kappa shape index (κ2) is 6.12. The third-order valence-corrected chi connectivity index (χ3v) is 4.23. The van der Waals surface area contributed by atoms with E-state index >= 15 is 0 Å². The number of nitrogens with zero attached hydrogens (tertiary/aromatic N) is 2. The number of nitro groups is 1. The molecule has 1 aliphatic rings. The molecular formula is C12H17N3O3S. The molecule has 0 spiro atoms. The fourth-order valence-electron chi connectivity index (χ4n) is 2.11. The number of amides is 1. The predicted molar refractivity (Wildman–Crippen MR) is 73.1 cm³/mol. The maximum Gasteiger partial charge on any atom is 0.324 e. The van der Waals surface area contributed by atoms with Crippen molar-refractivity contribution < 1.29 is 9.72 Å². The highest BCUT2D eigenvalue weighted by molar-refractivity contribution is 7.15. The van der Waals surface area contributed by atoms with E-state index in [0.717, 1.165) is 42.1 Å². The van der Waals surface area contributed by atoms with Gasteiger partial charge in [-0.3, -0.25) is 14.9 Å². The van der Waals surface area contributed by atoms with Crippen LogP contribution in [-0.4, -0.2) is 34.9 Å². The molecule has 0 radical (unpaired) electrons. The van der Waals surface area contributed by atoms with Crippen molar-refractivity contribution in [2.24, 2.45) is 0 Å². The fraction of sp³-hybridized carbons (Fsp3) is 0.583. The molecule has 1 N–H and O–H groups in total. The lowest BCUT2D eigenvalue weighted by Gasteiger charge is -2.20. The quantitative estimate of drug-likeness (QED) is 0.660. The van der Waals surface area contributed by atoms with Gasteiger partial charge in [0, 0.05) is 30.6 Å². The molecule has 0 bridgehead atoms. The minimum absolute atomic E-state index is 0.114. The molecule has 1 atom stereocenters. The fourth-order valence-corrected chi connectivity index (χ4v) is 2.88. The summed E-state index contributed by atoms with van der Waals surface area (Å²) < 4.78 is 0. The van der Waals surface area contributed by atoms with Crippen LogP contribution in [0.5, 0.6) is 0 Å². The monoisotopic (exact) mass is 283 g/mol. The Balaban J connectivity index is 1.83. The average molecular weight is 283 g/mol. The number of carbonyl (C=O) groups is 1. The van der Waals surface area contributed by atoms with Crippen LogP contribution >= 0.6 is 11.3 Å². The van der Waals surface area contributed by atoms with Gasteiger partial charge < -0.3 is 10.2 Å². The lowest BCUT2D eigenvalue weighted by molar-refractivity contribution is -0.380. The molecule has 2 heterocycles. The first kappa shape index (κ1) is 14.0. The molecule has 1 fully saturated rings. The normalized spacial score (nSPS) is 16.6. The zero-order chi connectivity index (χ0) is 13.8. The van der Waals surface area contributed by atoms with E-state index in [4.69, 9.17) is 0 Å². The molecule has 0 saturated carbocycles. The average Bonchev–Trinajstić information content (AvgIpc) is 3.05. The SMILES string of the molecule is CC(NCc1ccc([N+](=O)[O-])s1)C(=O)N1CCCC1. The molecule has 1 aliphatic heterocycles. The Morgan fingerprint density at radius 1 is 1.53 bits per heavy atom. The van der Waals surface area contributed by atoms with Gasteiger partial charge in [-0.1, -0.05) is 11.3 Å². The number of rotatable bonds is 5. The number of nitrogens with one attached hydrogen (secondary N) is 1. The zero-order valence-corrected chi connectivity index (χ0v) is 11.6. The van der Waals surface area contributed by atoms with Gasteiger partial charge in [-0.25, -0.2) is 0 Å². The lowest BCUT2D eigenvalue weighted by Crippen LogP contribution is -2.43. The van der Waals surface area contributed by atoms with E-state index in [-0.39, 0.29) is 17.0 Å². The summed E-state index contributed by atoms with van der Waals surface area (Å²) in [6, 6.07) is 2.97. The van der Waals surface area contributed by atoms with Crippen LogP contribution in [-0.2, 0) is 11.3 Å². The van der Waals surface area contributed by atoms with Crippen molar-refractivity contribution in [3.05, 3.63) is 27.1 Å². The molecule has 1 saturated heterocycles. The summed E-state index contributed by atoms with van der Waals surface area (Å²) in [5.41, 5.74) is 0. The van der Waals surface area contributed by atoms with E-state index in [1.165, 1.54) is 6.07 Å². The third kappa shape index (κ3) is 3.51. The predicted octanol–water partition coefficient (Wildman–Crippen LogP) is 1.76. The van der Waals surface area contributed by atoms with E-state index in [1.54, 1.807) is 6.07 Å². The highest BCUT2D eigenvalue weighted by atomic mass is 32.1. The molecule has 6 nitrogen and oxygen atoms in total. The Kier molecular flexibility index (Phi) is 4.49. The summed E-state index contributed by atoms with van der Waals surface area (Å²) in [5, 5.41) is 13.8. The molecule has 7 heteroatoms. The van der Waals surface area contributed by atoms with Crippen molar-refractivity contribution in [3.63, 3.8) is 0 Å². The Hall–Kier alpha value is -1.47. The number of hydrogen-bond donors (Lipinski definition) is 1. The molecular weight excluding hydrogens is 266 g/mol. The Morgan fingerprint density at radius 2 is 2.21 bits per heavy atom. The van der Waals surface area contributed by atoms with Crippen molar-refractivity contribution in [1.29, 1.82) is 0 Å². The van der Waals surface area contributed by atoms with Crippen molar-refractivity contribution >= 4 is 22.2 Å². The van der Waals surface area contributed by atoms with E-state index in [2.05, 4.69) is 5.32 Å². The molecule has 0 aromatic carbocycles. The van der Waals surface area contributed by atoms with Crippen LogP contribution in [0.25, 0.3) is 0 Å². The smallest absolute Gasteiger partial charge is 0.324 e. The van der Waals surface area contributed by atoms with Crippen LogP contribution in [0.1, 0.15) is 24.6 Å². The second-order valence-corrected chi connectivity index (χ2v) is 5.78. The Morgan fingerprint density at radius 3 is 2.79 bits per heavy atom. The number of thiophene rings is 1. The van der Waals surface area contributed by atoms with Gasteiger partial charge in [0.25, 0.3) is 0 Å². The third-order valence-electron chi connectivity index (χ3n) is 3.20. The molecule has 2 rings (SSSR count). The molecule has 1 aromatic heterocycles. The van der Waals surface area contributed by atoms with E-state index in [1.807, 2.05) is 11.8 Å². The first-order valence-corrected chi connectivity index (χ1v) is 7.15. The molecule has 19 heavy (non-hydrogen) atoms. The first-order chi connectivity index (χ1) is 9.08. The summed E-state index contributed by atoms with van der Waals surface area (Å²) in [6.45, 7) is 4.01. The zero-order valence-electron chi connectivity index (χ0n) is 10.8. The van der Waals surface area contributed by atoms with E-state index in [0.29, 0.717) is 6.54 Å². The van der Waals surface area contributed by atoms with Gasteiger partial charge in [-0.05, 0) is 25.8 Å². The van der Waals surface area contributed by atoms with Crippen molar-refractivity contribution in [3.8, 4) is 0 Å². The molecule has 1 aromatic rings. The lowest BCUT2D eigenvalue weighted by atomic mass is 10.3. The number of likely N-dealkylation sites (tertiary alicyclic amines) is 1. The Labute approximate surface area is 115 Å². The van der Waals surface area contributed by atoms with Crippen LogP contribution in [0.15, 0.2) is 12.1 Å². The molecule has 1 amide bonds. The van der Waals surface area contributed by atoms with Crippen LogP contribution in [0.2, 0.25) is 0 Å². The maximum absolute atomic E-state index is 12.0. The van der Waals surface area contributed by atoms with Crippen molar-refractivity contribution in [2.75, 3.05) is 13.1 Å². The van der Waals surface area contributed by atoms with Gasteiger partial charge in [0.1, 0.15) is 0 Å². The van der Waals surface area contributed by atoms with Crippen LogP contribution in [0, 0.1) is 10.1 Å². The molecule has 104 valence electrons. The highest BCUT2D eigenvalue weighted by Gasteiger charge is 2.22. The van der Waals surface area contributed by atoms with Crippen LogP contribution in [0.4, 0.5) is 5.00 Å².